The van der Waals surface area contributed by atoms with Gasteiger partial charge in [-0.3, -0.25) is 19.2 Å². The maximum absolute atomic E-state index is 12.5. The number of aromatic hydroxyl groups is 4. The van der Waals surface area contributed by atoms with Crippen LogP contribution in [0.25, 0.3) is 45.0 Å². The van der Waals surface area contributed by atoms with Gasteiger partial charge in [0.2, 0.25) is 23.6 Å². The van der Waals surface area contributed by atoms with Crippen molar-refractivity contribution in [2.24, 2.45) is 17.8 Å². The molecule has 1 unspecified atom stereocenters. The van der Waals surface area contributed by atoms with Crippen molar-refractivity contribution in [3.05, 3.63) is 141 Å². The number of phenols is 4. The molecule has 0 radical (unpaired) electrons. The first-order valence-electron chi connectivity index (χ1n) is 34.3. The average Bonchev–Trinajstić information content (AvgIpc) is 0.803. The fourth-order valence-corrected chi connectivity index (χ4v) is 13.0. The third kappa shape index (κ3) is 16.5. The minimum atomic E-state index is -0.139. The maximum atomic E-state index is 12.5. The summed E-state index contributed by atoms with van der Waals surface area (Å²) in [7, 11) is 0. The first-order chi connectivity index (χ1) is 46.2. The van der Waals surface area contributed by atoms with Crippen molar-refractivity contribution in [2.45, 2.75) is 191 Å². The van der Waals surface area contributed by atoms with E-state index in [1.165, 1.54) is 26.2 Å². The number of hydrogen-bond acceptors (Lipinski definition) is 16. The molecule has 5 aliphatic carbocycles. The van der Waals surface area contributed by atoms with Gasteiger partial charge in [0.05, 0.1) is 68.3 Å². The summed E-state index contributed by atoms with van der Waals surface area (Å²) in [6.45, 7) is 17.5. The second-order valence-corrected chi connectivity index (χ2v) is 25.9. The molecule has 4 heterocycles. The molecule has 0 bridgehead atoms. The van der Waals surface area contributed by atoms with E-state index in [4.69, 9.17) is 34.9 Å². The number of aryl methyl sites for hydroxylation is 12. The second-order valence-electron chi connectivity index (χ2n) is 25.9. The van der Waals surface area contributed by atoms with Gasteiger partial charge in [0, 0.05) is 47.9 Å². The Bertz CT molecular complexity index is 4220. The molecule has 1 atom stereocenters. The lowest BCUT2D eigenvalue weighted by atomic mass is 9.87. The van der Waals surface area contributed by atoms with Crippen LogP contribution in [0.15, 0.2) is 72.8 Å². The molecule has 8 aromatic rings. The molecule has 20 heteroatoms. The van der Waals surface area contributed by atoms with Gasteiger partial charge in [0.15, 0.2) is 23.3 Å². The Balaban J connectivity index is 0.000000140. The Hall–Kier alpha value is -9.72. The number of hydrogen-bond donors (Lipinski definition) is 8. The molecule has 0 spiro atoms. The number of carbonyl (C=O) groups excluding carboxylic acids is 4. The van der Waals surface area contributed by atoms with Crippen molar-refractivity contribution in [1.29, 1.82) is 0 Å². The first kappa shape index (κ1) is 69.1. The lowest BCUT2D eigenvalue weighted by Crippen LogP contribution is -2.23. The summed E-state index contributed by atoms with van der Waals surface area (Å²) < 4.78 is 0. The Kier molecular flexibility index (Phi) is 22.5. The standard InChI is InChI=1S/C22H27N3O2.2C19H23N3O2.C16H17N3O2/c1-2-18-22(25-20(27)12-14-6-4-3-5-7-14)24-19-11-8-15-13-16(26)9-10-17(15)21(19)23-18;1-4-15-19(22-17(24)9-11(2)3)21-16-8-5-12-10-13(23)6-7-14(12)18(16)20-15;1-4-11(3)19(24)22-18-15(5-2)20-17-14-8-7-13(23)10-12(14)6-9-16(17)21-18;1-3-13-16(17-9(2)20)19-14-7-4-10-8-11(21)5-6-12(10)15(14)18-13/h9-10,13-14,26H,2-8,11-12H2,1H3,(H,24,25,27);6-7,10-11,23H,4-5,8-9H2,1-3H3,(H,21,22,24);7-8,10-11,23H,4-6,9H2,1-3H3,(H,21,22,24);5-6,8,21H,3-4,7H2,1-2H3,(H,17,19,20). The van der Waals surface area contributed by atoms with Gasteiger partial charge in [0.1, 0.15) is 23.0 Å². The van der Waals surface area contributed by atoms with Crippen LogP contribution in [-0.4, -0.2) is 83.9 Å². The highest BCUT2D eigenvalue weighted by Crippen LogP contribution is 2.39. The average molecular weight is 1300 g/mol. The minimum absolute atomic E-state index is 0.0115. The van der Waals surface area contributed by atoms with Crippen molar-refractivity contribution in [3.63, 3.8) is 0 Å². The Morgan fingerprint density at radius 2 is 0.750 bits per heavy atom. The van der Waals surface area contributed by atoms with Gasteiger partial charge in [-0.05, 0) is 203 Å². The lowest BCUT2D eigenvalue weighted by molar-refractivity contribution is -0.119. The van der Waals surface area contributed by atoms with Crippen LogP contribution < -0.4 is 21.3 Å². The second kappa shape index (κ2) is 31.2. The smallest absolute Gasteiger partial charge is 0.228 e. The number of fused-ring (bicyclic) bond motifs is 12. The van der Waals surface area contributed by atoms with Crippen LogP contribution in [0, 0.1) is 17.8 Å². The Labute approximate surface area is 562 Å². The molecule has 4 aromatic heterocycles. The van der Waals surface area contributed by atoms with Gasteiger partial charge in [-0.1, -0.05) is 74.7 Å². The van der Waals surface area contributed by atoms with Crippen LogP contribution in [0.2, 0.25) is 0 Å². The molecule has 1 fully saturated rings. The molecule has 1 saturated carbocycles. The van der Waals surface area contributed by atoms with Gasteiger partial charge in [-0.25, -0.2) is 39.9 Å². The molecular weight excluding hydrogens is 1210 g/mol. The zero-order valence-corrected chi connectivity index (χ0v) is 56.8. The lowest BCUT2D eigenvalue weighted by Gasteiger charge is -2.22. The number of benzene rings is 4. The topological polar surface area (TPSA) is 300 Å². The molecule has 4 amide bonds. The zero-order valence-electron chi connectivity index (χ0n) is 56.8. The van der Waals surface area contributed by atoms with Crippen LogP contribution in [0.1, 0.15) is 181 Å². The van der Waals surface area contributed by atoms with E-state index >= 15 is 0 Å². The van der Waals surface area contributed by atoms with Gasteiger partial charge in [-0.2, -0.15) is 0 Å². The Morgan fingerprint density at radius 3 is 1.06 bits per heavy atom. The monoisotopic (exact) mass is 1300 g/mol. The maximum Gasteiger partial charge on any atom is 0.228 e. The zero-order chi connectivity index (χ0) is 68.3. The fourth-order valence-electron chi connectivity index (χ4n) is 13.0. The first-order valence-corrected chi connectivity index (χ1v) is 34.3. The highest BCUT2D eigenvalue weighted by molar-refractivity contribution is 5.93. The predicted molar refractivity (Wildman–Crippen MR) is 374 cm³/mol. The van der Waals surface area contributed by atoms with Gasteiger partial charge in [-0.15, -0.1) is 0 Å². The third-order valence-corrected chi connectivity index (χ3v) is 18.3. The molecule has 13 rings (SSSR count). The van der Waals surface area contributed by atoms with E-state index in [0.717, 1.165) is 183 Å². The Morgan fingerprint density at radius 1 is 0.427 bits per heavy atom. The van der Waals surface area contributed by atoms with Crippen molar-refractivity contribution in [3.8, 4) is 68.0 Å². The van der Waals surface area contributed by atoms with Gasteiger partial charge in [0.25, 0.3) is 0 Å². The van der Waals surface area contributed by atoms with Crippen LogP contribution in [-0.2, 0) is 96.2 Å². The van der Waals surface area contributed by atoms with Crippen LogP contribution in [0.3, 0.4) is 0 Å². The van der Waals surface area contributed by atoms with Gasteiger partial charge < -0.3 is 41.7 Å². The molecule has 4 aromatic carbocycles. The normalized spacial score (nSPS) is 14.0. The molecule has 5 aliphatic rings. The van der Waals surface area contributed by atoms with Crippen molar-refractivity contribution < 1.29 is 39.6 Å². The van der Waals surface area contributed by atoms with Crippen molar-refractivity contribution in [1.82, 2.24) is 39.9 Å². The largest absolute Gasteiger partial charge is 0.508 e. The van der Waals surface area contributed by atoms with E-state index in [9.17, 15) is 39.6 Å². The van der Waals surface area contributed by atoms with Crippen molar-refractivity contribution in [2.75, 3.05) is 21.3 Å². The number of aromatic nitrogens is 8. The van der Waals surface area contributed by atoms with E-state index in [1.54, 1.807) is 42.5 Å². The summed E-state index contributed by atoms with van der Waals surface area (Å²) in [6.07, 6.45) is 17.1. The summed E-state index contributed by atoms with van der Waals surface area (Å²) in [5.74, 6) is 4.13. The van der Waals surface area contributed by atoms with E-state index in [1.807, 2.05) is 85.7 Å². The molecule has 0 aliphatic heterocycles. The van der Waals surface area contributed by atoms with Crippen LogP contribution in [0.5, 0.6) is 23.0 Å². The number of amides is 4. The van der Waals surface area contributed by atoms with Crippen molar-refractivity contribution >= 4 is 46.9 Å². The quantitative estimate of drug-likeness (QED) is 0.0502. The third-order valence-electron chi connectivity index (χ3n) is 18.3. The predicted octanol–water partition coefficient (Wildman–Crippen LogP) is 13.9. The summed E-state index contributed by atoms with van der Waals surface area (Å²) >= 11 is 0. The summed E-state index contributed by atoms with van der Waals surface area (Å²) in [6, 6.07) is 21.5. The van der Waals surface area contributed by atoms with E-state index in [2.05, 4.69) is 26.3 Å². The minimum Gasteiger partial charge on any atom is -0.508 e. The number of phenolic OH excluding ortho intramolecular Hbond substituents is 4. The number of nitrogens with zero attached hydrogens (tertiary/aromatic N) is 8. The number of carbonyl (C=O) groups is 4. The van der Waals surface area contributed by atoms with E-state index in [-0.39, 0.29) is 52.5 Å². The van der Waals surface area contributed by atoms with E-state index in [0.29, 0.717) is 73.6 Å². The molecule has 502 valence electrons. The highest BCUT2D eigenvalue weighted by atomic mass is 16.3. The molecule has 0 saturated heterocycles. The number of anilines is 4. The van der Waals surface area contributed by atoms with Gasteiger partial charge >= 0.3 is 0 Å². The summed E-state index contributed by atoms with van der Waals surface area (Å²) in [4.78, 5) is 86.0. The number of rotatable bonds is 14. The molecule has 8 N–H and O–H groups in total. The van der Waals surface area contributed by atoms with E-state index < -0.39 is 0 Å². The summed E-state index contributed by atoms with van der Waals surface area (Å²) in [5, 5.41) is 50.3. The van der Waals surface area contributed by atoms with Crippen LogP contribution in [0.4, 0.5) is 23.3 Å². The molecule has 96 heavy (non-hydrogen) atoms. The highest BCUT2D eigenvalue weighted by Gasteiger charge is 2.28. The van der Waals surface area contributed by atoms with Crippen LogP contribution >= 0.6 is 0 Å². The fraction of sp³-hybridized carbons (Fsp3) is 0.421. The molecule has 20 nitrogen and oxygen atoms in total. The summed E-state index contributed by atoms with van der Waals surface area (Å²) in [5.41, 5.74) is 18.8. The number of nitrogens with one attached hydrogen (secondary N) is 4. The molecular formula is C76H90N12O8. The SMILES string of the molecule is CCc1nc2c(nc1NC(=O)C(C)CC)CCc1cc(O)ccc1-2.CCc1nc2c(nc1NC(=O)CC(C)C)CCc1cc(O)ccc1-2.CCc1nc2c(nc1NC(=O)CC1CCCCC1)CCc1cc(O)ccc1-2.CCc1nc2c(nc1NC(C)=O)CCc1cc(O)ccc1-2.